The minimum absolute atomic E-state index is 0.0447. The molecule has 0 atom stereocenters. The van der Waals surface area contributed by atoms with Crippen molar-refractivity contribution >= 4 is 17.8 Å². The highest BCUT2D eigenvalue weighted by atomic mass is 16.2. The van der Waals surface area contributed by atoms with Crippen LogP contribution in [0.15, 0.2) is 36.7 Å². The van der Waals surface area contributed by atoms with E-state index >= 15 is 0 Å². The topological polar surface area (TPSA) is 88.9 Å². The molecule has 1 aliphatic carbocycles. The molecule has 7 nitrogen and oxygen atoms in total. The van der Waals surface area contributed by atoms with Gasteiger partial charge in [-0.25, -0.2) is 9.67 Å². The number of anilines is 1. The van der Waals surface area contributed by atoms with Crippen LogP contribution >= 0.6 is 0 Å². The largest absolute Gasteiger partial charge is 0.350 e. The molecule has 3 rings (SSSR count). The van der Waals surface area contributed by atoms with Gasteiger partial charge in [-0.2, -0.15) is 0 Å². The van der Waals surface area contributed by atoms with Crippen molar-refractivity contribution in [2.24, 2.45) is 16.7 Å². The van der Waals surface area contributed by atoms with Gasteiger partial charge in [0.1, 0.15) is 12.9 Å². The summed E-state index contributed by atoms with van der Waals surface area (Å²) in [5.41, 5.74) is 0.940. The summed E-state index contributed by atoms with van der Waals surface area (Å²) in [6.45, 7) is 8.85. The molecule has 0 bridgehead atoms. The molecule has 7 heteroatoms. The fourth-order valence-corrected chi connectivity index (χ4v) is 3.46. The lowest BCUT2D eigenvalue weighted by molar-refractivity contribution is -0.122. The van der Waals surface area contributed by atoms with E-state index in [1.165, 1.54) is 11.0 Å². The molecule has 0 aliphatic heterocycles. The van der Waals surface area contributed by atoms with Crippen LogP contribution in [0, 0.1) is 16.7 Å². The lowest BCUT2D eigenvalue weighted by atomic mass is 10.0. The zero-order valence-corrected chi connectivity index (χ0v) is 15.6. The molecule has 2 aromatic rings. The molecule has 1 aromatic carbocycles. The maximum atomic E-state index is 12.4. The van der Waals surface area contributed by atoms with Gasteiger partial charge in [0.2, 0.25) is 17.8 Å². The van der Waals surface area contributed by atoms with Crippen molar-refractivity contribution in [3.63, 3.8) is 0 Å². The molecule has 1 fully saturated rings. The van der Waals surface area contributed by atoms with Crippen molar-refractivity contribution in [1.29, 1.82) is 0 Å². The Hall–Kier alpha value is -2.70. The Labute approximate surface area is 153 Å². The summed E-state index contributed by atoms with van der Waals surface area (Å²) in [6.07, 6.45) is 1.45. The molecule has 26 heavy (non-hydrogen) atoms. The predicted octanol–water partition coefficient (Wildman–Crippen LogP) is 2.22. The SMILES string of the molecule is CC1(C)C(C(=O)Nc2ncn(CC(=O)NCc3ccccc3)n2)C1(C)C. The standard InChI is InChI=1S/C19H25N5O2/c1-18(2)15(19(18,3)4)16(26)22-17-21-12-24(23-17)11-14(25)20-10-13-8-6-5-7-9-13/h5-9,12,15H,10-11H2,1-4H3,(H,20,25)(H,22,23,26). The second-order valence-electron chi connectivity index (χ2n) is 7.89. The molecule has 1 heterocycles. The van der Waals surface area contributed by atoms with Crippen LogP contribution in [0.25, 0.3) is 0 Å². The Morgan fingerprint density at radius 1 is 1.12 bits per heavy atom. The zero-order valence-electron chi connectivity index (χ0n) is 15.6. The molecule has 1 aliphatic rings. The fourth-order valence-electron chi connectivity index (χ4n) is 3.46. The molecule has 0 saturated heterocycles. The molecular formula is C19H25N5O2. The number of carbonyl (C=O) groups is 2. The quantitative estimate of drug-likeness (QED) is 0.831. The second kappa shape index (κ2) is 6.55. The van der Waals surface area contributed by atoms with Gasteiger partial charge in [-0.15, -0.1) is 5.10 Å². The van der Waals surface area contributed by atoms with Gasteiger partial charge >= 0.3 is 0 Å². The number of carbonyl (C=O) groups excluding carboxylic acids is 2. The molecule has 138 valence electrons. The highest BCUT2D eigenvalue weighted by molar-refractivity contribution is 5.94. The Balaban J connectivity index is 1.50. The summed E-state index contributed by atoms with van der Waals surface area (Å²) in [4.78, 5) is 28.5. The van der Waals surface area contributed by atoms with Gasteiger partial charge in [0, 0.05) is 12.5 Å². The minimum Gasteiger partial charge on any atom is -0.350 e. The van der Waals surface area contributed by atoms with Crippen molar-refractivity contribution < 1.29 is 9.59 Å². The highest BCUT2D eigenvalue weighted by Crippen LogP contribution is 2.68. The summed E-state index contributed by atoms with van der Waals surface area (Å²) >= 11 is 0. The monoisotopic (exact) mass is 355 g/mol. The summed E-state index contributed by atoms with van der Waals surface area (Å²) in [5, 5.41) is 9.75. The minimum atomic E-state index is -0.166. The predicted molar refractivity (Wildman–Crippen MR) is 98.0 cm³/mol. The second-order valence-corrected chi connectivity index (χ2v) is 7.89. The van der Waals surface area contributed by atoms with Crippen LogP contribution in [0.5, 0.6) is 0 Å². The fraction of sp³-hybridized carbons (Fsp3) is 0.474. The summed E-state index contributed by atoms with van der Waals surface area (Å²) < 4.78 is 1.42. The van der Waals surface area contributed by atoms with Gasteiger partial charge in [0.25, 0.3) is 0 Å². The van der Waals surface area contributed by atoms with Crippen molar-refractivity contribution in [2.75, 3.05) is 5.32 Å². The van der Waals surface area contributed by atoms with Gasteiger partial charge < -0.3 is 5.32 Å². The highest BCUT2D eigenvalue weighted by Gasteiger charge is 2.68. The molecule has 0 spiro atoms. The summed E-state index contributed by atoms with van der Waals surface area (Å²) in [6, 6.07) is 9.68. The van der Waals surface area contributed by atoms with E-state index in [0.717, 1.165) is 5.56 Å². The van der Waals surface area contributed by atoms with Crippen molar-refractivity contribution in [3.05, 3.63) is 42.2 Å². The van der Waals surface area contributed by atoms with Gasteiger partial charge in [-0.3, -0.25) is 14.9 Å². The van der Waals surface area contributed by atoms with Gasteiger partial charge in [0.15, 0.2) is 0 Å². The molecule has 2 N–H and O–H groups in total. The van der Waals surface area contributed by atoms with Gasteiger partial charge in [-0.05, 0) is 16.4 Å². The number of hydrogen-bond donors (Lipinski definition) is 2. The van der Waals surface area contributed by atoms with Crippen LogP contribution in [0.4, 0.5) is 5.95 Å². The summed E-state index contributed by atoms with van der Waals surface area (Å²) in [7, 11) is 0. The third kappa shape index (κ3) is 3.47. The first-order chi connectivity index (χ1) is 12.2. The van der Waals surface area contributed by atoms with Crippen LogP contribution < -0.4 is 10.6 Å². The average Bonchev–Trinajstić information content (AvgIpc) is 2.87. The van der Waals surface area contributed by atoms with Crippen LogP contribution in [0.1, 0.15) is 33.3 Å². The third-order valence-corrected chi connectivity index (χ3v) is 5.69. The number of amides is 2. The lowest BCUT2D eigenvalue weighted by Gasteiger charge is -2.05. The number of benzene rings is 1. The van der Waals surface area contributed by atoms with E-state index in [9.17, 15) is 9.59 Å². The smallest absolute Gasteiger partial charge is 0.248 e. The average molecular weight is 355 g/mol. The Kier molecular flexibility index (Phi) is 4.56. The number of aromatic nitrogens is 3. The van der Waals surface area contributed by atoms with Gasteiger partial charge in [0.05, 0.1) is 0 Å². The van der Waals surface area contributed by atoms with E-state index in [1.807, 2.05) is 30.3 Å². The number of nitrogens with one attached hydrogen (secondary N) is 2. The van der Waals surface area contributed by atoms with E-state index < -0.39 is 0 Å². The maximum absolute atomic E-state index is 12.4. The molecule has 0 unspecified atom stereocenters. The van der Waals surface area contributed by atoms with Crippen LogP contribution in [0.2, 0.25) is 0 Å². The number of rotatable bonds is 6. The molecule has 0 radical (unpaired) electrons. The van der Waals surface area contributed by atoms with Gasteiger partial charge in [-0.1, -0.05) is 58.0 Å². The molecular weight excluding hydrogens is 330 g/mol. The first-order valence-electron chi connectivity index (χ1n) is 8.73. The molecule has 2 amide bonds. The number of nitrogens with zero attached hydrogens (tertiary/aromatic N) is 3. The lowest BCUT2D eigenvalue weighted by Crippen LogP contribution is -2.27. The molecule has 1 aromatic heterocycles. The Morgan fingerprint density at radius 3 is 2.38 bits per heavy atom. The maximum Gasteiger partial charge on any atom is 0.248 e. The summed E-state index contributed by atoms with van der Waals surface area (Å²) in [5.74, 6) is -0.0900. The Bertz CT molecular complexity index is 796. The van der Waals surface area contributed by atoms with E-state index in [2.05, 4.69) is 48.4 Å². The zero-order chi connectivity index (χ0) is 18.9. The number of hydrogen-bond acceptors (Lipinski definition) is 4. The van der Waals surface area contributed by atoms with E-state index in [0.29, 0.717) is 6.54 Å². The van der Waals surface area contributed by atoms with E-state index in [-0.39, 0.29) is 41.1 Å². The van der Waals surface area contributed by atoms with E-state index in [4.69, 9.17) is 0 Å². The Morgan fingerprint density at radius 2 is 1.77 bits per heavy atom. The van der Waals surface area contributed by atoms with Crippen LogP contribution in [-0.4, -0.2) is 26.6 Å². The van der Waals surface area contributed by atoms with Crippen molar-refractivity contribution in [1.82, 2.24) is 20.1 Å². The third-order valence-electron chi connectivity index (χ3n) is 5.69. The van der Waals surface area contributed by atoms with Crippen LogP contribution in [0.3, 0.4) is 0 Å². The van der Waals surface area contributed by atoms with Crippen molar-refractivity contribution in [3.8, 4) is 0 Å². The molecule has 1 saturated carbocycles. The first kappa shape index (κ1) is 18.1. The normalized spacial score (nSPS) is 17.5. The van der Waals surface area contributed by atoms with Crippen molar-refractivity contribution in [2.45, 2.75) is 40.8 Å². The van der Waals surface area contributed by atoms with E-state index in [1.54, 1.807) is 0 Å². The first-order valence-corrected chi connectivity index (χ1v) is 8.73. The van der Waals surface area contributed by atoms with Crippen LogP contribution in [-0.2, 0) is 22.7 Å².